The normalized spacial score (nSPS) is 17.1. The van der Waals surface area contributed by atoms with Crippen molar-refractivity contribution in [3.63, 3.8) is 0 Å². The molecular formula is C31H25ClN4O3. The predicted molar refractivity (Wildman–Crippen MR) is 148 cm³/mol. The quantitative estimate of drug-likeness (QED) is 0.369. The largest absolute Gasteiger partial charge is 0.324 e. The van der Waals surface area contributed by atoms with Crippen molar-refractivity contribution in [1.29, 1.82) is 0 Å². The standard InChI is InChI=1S/C31H25ClN4O3/c32-23-8-10-26-22(16-23)17-28(37)27(18-24-5-1-3-12-33-24)36(31(26)39)19-20-7-9-25-21(15-20)11-14-35(30(25)38)29-6-2-4-13-34-29/h1-10,12-13,15-16,27H,11,14,17-19H2/t27-/m1/s1. The zero-order chi connectivity index (χ0) is 26.9. The van der Waals surface area contributed by atoms with Crippen LogP contribution in [0.2, 0.25) is 5.02 Å². The molecule has 0 spiro atoms. The fraction of sp³-hybridized carbons (Fsp3) is 0.194. The topological polar surface area (TPSA) is 83.5 Å². The van der Waals surface area contributed by atoms with Crippen LogP contribution in [0.5, 0.6) is 0 Å². The number of amides is 2. The van der Waals surface area contributed by atoms with Crippen LogP contribution in [0.1, 0.15) is 43.1 Å². The lowest BCUT2D eigenvalue weighted by Gasteiger charge is -2.31. The van der Waals surface area contributed by atoms with Crippen LogP contribution in [0.15, 0.2) is 85.2 Å². The maximum atomic E-state index is 13.9. The molecule has 6 rings (SSSR count). The number of ketones is 1. The summed E-state index contributed by atoms with van der Waals surface area (Å²) >= 11 is 6.21. The molecule has 0 saturated carbocycles. The zero-order valence-corrected chi connectivity index (χ0v) is 21.8. The first-order chi connectivity index (χ1) is 19.0. The molecule has 2 aliphatic rings. The number of nitrogens with zero attached hydrogens (tertiary/aromatic N) is 4. The number of carbonyl (C=O) groups is 3. The molecule has 1 atom stereocenters. The Morgan fingerprint density at radius 3 is 2.36 bits per heavy atom. The first kappa shape index (κ1) is 24.9. The summed E-state index contributed by atoms with van der Waals surface area (Å²) in [5.41, 5.74) is 4.26. The van der Waals surface area contributed by atoms with Gasteiger partial charge in [0.1, 0.15) is 5.82 Å². The number of halogens is 1. The number of anilines is 1. The number of Topliss-reactive ketones (excluding diaryl/α,β-unsaturated/α-hetero) is 1. The van der Waals surface area contributed by atoms with Gasteiger partial charge in [-0.2, -0.15) is 0 Å². The van der Waals surface area contributed by atoms with Crippen LogP contribution in [-0.4, -0.2) is 45.1 Å². The molecular weight excluding hydrogens is 512 g/mol. The monoisotopic (exact) mass is 536 g/mol. The smallest absolute Gasteiger partial charge is 0.259 e. The Bertz CT molecular complexity index is 1580. The maximum Gasteiger partial charge on any atom is 0.259 e. The van der Waals surface area contributed by atoms with E-state index in [1.54, 1.807) is 40.4 Å². The molecule has 0 saturated heterocycles. The van der Waals surface area contributed by atoms with Gasteiger partial charge in [-0.15, -0.1) is 0 Å². The molecule has 194 valence electrons. The summed E-state index contributed by atoms with van der Waals surface area (Å²) < 4.78 is 0. The van der Waals surface area contributed by atoms with E-state index in [4.69, 9.17) is 11.6 Å². The van der Waals surface area contributed by atoms with Gasteiger partial charge in [0.25, 0.3) is 11.8 Å². The van der Waals surface area contributed by atoms with E-state index in [1.807, 2.05) is 54.6 Å². The highest BCUT2D eigenvalue weighted by molar-refractivity contribution is 6.30. The van der Waals surface area contributed by atoms with Gasteiger partial charge in [-0.05, 0) is 71.6 Å². The van der Waals surface area contributed by atoms with Gasteiger partial charge in [0.05, 0.1) is 6.04 Å². The summed E-state index contributed by atoms with van der Waals surface area (Å²) in [4.78, 5) is 52.7. The molecule has 2 aromatic heterocycles. The first-order valence-corrected chi connectivity index (χ1v) is 13.2. The van der Waals surface area contributed by atoms with Gasteiger partial charge in [0.2, 0.25) is 0 Å². The van der Waals surface area contributed by atoms with Crippen molar-refractivity contribution in [2.75, 3.05) is 11.4 Å². The van der Waals surface area contributed by atoms with E-state index < -0.39 is 6.04 Å². The Balaban J connectivity index is 1.33. The third kappa shape index (κ3) is 4.93. The SMILES string of the molecule is O=C1Cc2cc(Cl)ccc2C(=O)N(Cc2ccc3c(c2)CCN(c2ccccn2)C3=O)[C@@H]1Cc1ccccn1. The molecule has 7 nitrogen and oxygen atoms in total. The molecule has 8 heteroatoms. The molecule has 4 heterocycles. The second kappa shape index (κ2) is 10.4. The van der Waals surface area contributed by atoms with E-state index >= 15 is 0 Å². The lowest BCUT2D eigenvalue weighted by Crippen LogP contribution is -2.45. The average Bonchev–Trinajstić information content (AvgIpc) is 3.04. The summed E-state index contributed by atoms with van der Waals surface area (Å²) in [6, 6.07) is 21.1. The van der Waals surface area contributed by atoms with Crippen LogP contribution in [-0.2, 0) is 30.6 Å². The number of rotatable bonds is 5. The molecule has 2 aliphatic heterocycles. The van der Waals surface area contributed by atoms with Crippen molar-refractivity contribution in [2.45, 2.75) is 31.8 Å². The molecule has 0 bridgehead atoms. The Morgan fingerprint density at radius 1 is 0.821 bits per heavy atom. The fourth-order valence-corrected chi connectivity index (χ4v) is 5.58. The molecule has 0 N–H and O–H groups in total. The van der Waals surface area contributed by atoms with E-state index in [2.05, 4.69) is 9.97 Å². The van der Waals surface area contributed by atoms with Crippen molar-refractivity contribution < 1.29 is 14.4 Å². The number of hydrogen-bond donors (Lipinski definition) is 0. The molecule has 0 aliphatic carbocycles. The first-order valence-electron chi connectivity index (χ1n) is 12.8. The zero-order valence-electron chi connectivity index (χ0n) is 21.1. The maximum absolute atomic E-state index is 13.9. The average molecular weight is 537 g/mol. The summed E-state index contributed by atoms with van der Waals surface area (Å²) in [6.45, 7) is 0.749. The Hall–Kier alpha value is -4.36. The molecule has 0 unspecified atom stereocenters. The number of aromatic nitrogens is 2. The summed E-state index contributed by atoms with van der Waals surface area (Å²) in [5.74, 6) is 0.251. The predicted octanol–water partition coefficient (Wildman–Crippen LogP) is 4.71. The van der Waals surface area contributed by atoms with Gasteiger partial charge in [-0.25, -0.2) is 4.98 Å². The summed E-state index contributed by atoms with van der Waals surface area (Å²) in [7, 11) is 0. The highest BCUT2D eigenvalue weighted by Crippen LogP contribution is 2.29. The van der Waals surface area contributed by atoms with Crippen LogP contribution in [0, 0.1) is 0 Å². The van der Waals surface area contributed by atoms with Crippen molar-refractivity contribution in [1.82, 2.24) is 14.9 Å². The number of carbonyl (C=O) groups excluding carboxylic acids is 3. The molecule has 39 heavy (non-hydrogen) atoms. The molecule has 0 radical (unpaired) electrons. The van der Waals surface area contributed by atoms with E-state index in [0.29, 0.717) is 46.9 Å². The summed E-state index contributed by atoms with van der Waals surface area (Å²) in [6.07, 6.45) is 4.46. The van der Waals surface area contributed by atoms with Crippen molar-refractivity contribution in [3.8, 4) is 0 Å². The number of hydrogen-bond acceptors (Lipinski definition) is 5. The van der Waals surface area contributed by atoms with Gasteiger partial charge < -0.3 is 4.90 Å². The van der Waals surface area contributed by atoms with Crippen LogP contribution in [0.3, 0.4) is 0 Å². The third-order valence-electron chi connectivity index (χ3n) is 7.33. The minimum atomic E-state index is -0.684. The van der Waals surface area contributed by atoms with Gasteiger partial charge in [0.15, 0.2) is 5.78 Å². The Kier molecular flexibility index (Phi) is 6.67. The second-order valence-electron chi connectivity index (χ2n) is 9.80. The molecule has 2 amide bonds. The lowest BCUT2D eigenvalue weighted by molar-refractivity contribution is -0.122. The highest BCUT2D eigenvalue weighted by Gasteiger charge is 2.36. The number of pyridine rings is 2. The summed E-state index contributed by atoms with van der Waals surface area (Å²) in [5, 5.41) is 0.489. The number of fused-ring (bicyclic) bond motifs is 2. The van der Waals surface area contributed by atoms with Crippen molar-refractivity contribution in [2.24, 2.45) is 0 Å². The number of benzene rings is 2. The third-order valence-corrected chi connectivity index (χ3v) is 7.56. The lowest BCUT2D eigenvalue weighted by atomic mass is 9.95. The van der Waals surface area contributed by atoms with E-state index in [-0.39, 0.29) is 30.6 Å². The van der Waals surface area contributed by atoms with Crippen LogP contribution >= 0.6 is 11.6 Å². The van der Waals surface area contributed by atoms with Gasteiger partial charge in [0, 0.05) is 60.2 Å². The van der Waals surface area contributed by atoms with Crippen molar-refractivity contribution in [3.05, 3.63) is 124 Å². The van der Waals surface area contributed by atoms with E-state index in [0.717, 1.165) is 16.8 Å². The van der Waals surface area contributed by atoms with Crippen LogP contribution in [0.25, 0.3) is 0 Å². The molecule has 4 aromatic rings. The highest BCUT2D eigenvalue weighted by atomic mass is 35.5. The van der Waals surface area contributed by atoms with E-state index in [1.165, 1.54) is 0 Å². The van der Waals surface area contributed by atoms with Gasteiger partial charge in [-0.1, -0.05) is 35.9 Å². The van der Waals surface area contributed by atoms with Gasteiger partial charge >= 0.3 is 0 Å². The second-order valence-corrected chi connectivity index (χ2v) is 10.2. The Morgan fingerprint density at radius 2 is 1.59 bits per heavy atom. The van der Waals surface area contributed by atoms with Crippen LogP contribution in [0.4, 0.5) is 5.82 Å². The molecule has 0 fully saturated rings. The fourth-order valence-electron chi connectivity index (χ4n) is 5.38. The van der Waals surface area contributed by atoms with Crippen LogP contribution < -0.4 is 4.90 Å². The van der Waals surface area contributed by atoms with Gasteiger partial charge in [-0.3, -0.25) is 24.3 Å². The van der Waals surface area contributed by atoms with E-state index in [9.17, 15) is 14.4 Å². The molecule has 2 aromatic carbocycles. The Labute approximate surface area is 231 Å². The van der Waals surface area contributed by atoms with Crippen molar-refractivity contribution >= 4 is 35.0 Å². The minimum absolute atomic E-state index is 0.0610. The minimum Gasteiger partial charge on any atom is -0.324 e.